The molecule has 0 radical (unpaired) electrons. The lowest BCUT2D eigenvalue weighted by Crippen LogP contribution is -2.48. The number of hydrogen-bond acceptors (Lipinski definition) is 4. The van der Waals surface area contributed by atoms with Gasteiger partial charge in [0.25, 0.3) is 5.91 Å². The molecule has 0 bridgehead atoms. The van der Waals surface area contributed by atoms with Gasteiger partial charge in [-0.15, -0.1) is 11.3 Å². The number of likely N-dealkylation sites (N-methyl/N-ethyl adjacent to an activating group) is 1. The van der Waals surface area contributed by atoms with Gasteiger partial charge in [0.2, 0.25) is 0 Å². The van der Waals surface area contributed by atoms with Crippen LogP contribution in [0.4, 0.5) is 4.39 Å². The number of amides is 1. The quantitative estimate of drug-likeness (QED) is 0.709. The number of rotatable bonds is 5. The molecule has 1 aliphatic heterocycles. The van der Waals surface area contributed by atoms with Crippen LogP contribution < -0.4 is 5.32 Å². The molecule has 2 N–H and O–H groups in total. The molecule has 1 amide bonds. The largest absolute Gasteiger partial charge is 0.351 e. The van der Waals surface area contributed by atoms with Crippen LogP contribution in [0.15, 0.2) is 41.8 Å². The van der Waals surface area contributed by atoms with Crippen molar-refractivity contribution in [2.24, 2.45) is 0 Å². The van der Waals surface area contributed by atoms with Gasteiger partial charge in [-0.2, -0.15) is 0 Å². The van der Waals surface area contributed by atoms with Crippen LogP contribution in [0.5, 0.6) is 0 Å². The van der Waals surface area contributed by atoms with E-state index >= 15 is 0 Å². The van der Waals surface area contributed by atoms with Crippen molar-refractivity contribution in [1.29, 1.82) is 0 Å². The molecule has 2 aromatic heterocycles. The number of nitrogens with zero attached hydrogens (tertiary/aromatic N) is 2. The lowest BCUT2D eigenvalue weighted by molar-refractivity contribution is 0.0886. The predicted molar refractivity (Wildman–Crippen MR) is 107 cm³/mol. The van der Waals surface area contributed by atoms with Crippen molar-refractivity contribution in [3.05, 3.63) is 58.2 Å². The number of H-pyrrole nitrogens is 1. The van der Waals surface area contributed by atoms with Crippen molar-refractivity contribution in [2.75, 3.05) is 39.8 Å². The van der Waals surface area contributed by atoms with Gasteiger partial charge in [-0.05, 0) is 42.8 Å². The predicted octanol–water partition coefficient (Wildman–Crippen LogP) is 3.09. The first kappa shape index (κ1) is 18.2. The van der Waals surface area contributed by atoms with Crippen molar-refractivity contribution < 1.29 is 9.18 Å². The van der Waals surface area contributed by atoms with Gasteiger partial charge in [0.15, 0.2) is 0 Å². The number of piperazine rings is 1. The van der Waals surface area contributed by atoms with Crippen LogP contribution in [-0.4, -0.2) is 60.5 Å². The maximum Gasteiger partial charge on any atom is 0.267 e. The van der Waals surface area contributed by atoms with Crippen LogP contribution in [0.3, 0.4) is 0 Å². The van der Waals surface area contributed by atoms with Gasteiger partial charge < -0.3 is 15.2 Å². The molecule has 0 unspecified atom stereocenters. The van der Waals surface area contributed by atoms with E-state index in [4.69, 9.17) is 0 Å². The summed E-state index contributed by atoms with van der Waals surface area (Å²) < 4.78 is 13.4. The summed E-state index contributed by atoms with van der Waals surface area (Å²) in [5, 5.41) is 5.84. The molecule has 1 saturated heterocycles. The van der Waals surface area contributed by atoms with E-state index in [0.29, 0.717) is 17.6 Å². The molecule has 5 nitrogen and oxygen atoms in total. The van der Waals surface area contributed by atoms with Crippen LogP contribution in [0.25, 0.3) is 10.9 Å². The lowest BCUT2D eigenvalue weighted by atomic mass is 10.1. The molecule has 4 rings (SSSR count). The van der Waals surface area contributed by atoms with Crippen molar-refractivity contribution >= 4 is 28.1 Å². The van der Waals surface area contributed by atoms with Crippen LogP contribution in [0.1, 0.15) is 21.4 Å². The number of aromatic nitrogens is 1. The summed E-state index contributed by atoms with van der Waals surface area (Å²) in [4.78, 5) is 21.7. The van der Waals surface area contributed by atoms with E-state index in [1.165, 1.54) is 17.0 Å². The van der Waals surface area contributed by atoms with Gasteiger partial charge in [-0.1, -0.05) is 6.07 Å². The number of thiophene rings is 1. The highest BCUT2D eigenvalue weighted by molar-refractivity contribution is 7.10. The first-order valence-corrected chi connectivity index (χ1v) is 10.0. The average Bonchev–Trinajstić information content (AvgIpc) is 3.32. The van der Waals surface area contributed by atoms with Crippen molar-refractivity contribution in [3.8, 4) is 0 Å². The zero-order valence-electron chi connectivity index (χ0n) is 15.2. The molecule has 1 aromatic carbocycles. The molecule has 27 heavy (non-hydrogen) atoms. The standard InChI is InChI=1S/C20H23FN4OS/c1-24-6-8-25(9-7-24)18(19-3-2-10-27-19)13-22-20(26)17-12-14-11-15(21)4-5-16(14)23-17/h2-5,10-12,18,23H,6-9,13H2,1H3,(H,22,26)/t18-/m1/s1. The number of carbonyl (C=O) groups is 1. The second-order valence-corrected chi connectivity index (χ2v) is 7.97. The minimum absolute atomic E-state index is 0.165. The molecule has 1 fully saturated rings. The maximum absolute atomic E-state index is 13.4. The number of halogens is 1. The molecule has 7 heteroatoms. The fourth-order valence-corrected chi connectivity index (χ4v) is 4.40. The third kappa shape index (κ3) is 4.05. The zero-order chi connectivity index (χ0) is 18.8. The number of fused-ring (bicyclic) bond motifs is 1. The first-order valence-electron chi connectivity index (χ1n) is 9.12. The van der Waals surface area contributed by atoms with Crippen LogP contribution in [-0.2, 0) is 0 Å². The second kappa shape index (κ2) is 7.80. The lowest BCUT2D eigenvalue weighted by Gasteiger charge is -2.37. The molecule has 0 aliphatic carbocycles. The highest BCUT2D eigenvalue weighted by atomic mass is 32.1. The Hall–Kier alpha value is -2.22. The van der Waals surface area contributed by atoms with Crippen LogP contribution in [0.2, 0.25) is 0 Å². The minimum atomic E-state index is -0.304. The van der Waals surface area contributed by atoms with Crippen molar-refractivity contribution in [3.63, 3.8) is 0 Å². The summed E-state index contributed by atoms with van der Waals surface area (Å²) in [6, 6.07) is 10.5. The zero-order valence-corrected chi connectivity index (χ0v) is 16.1. The van der Waals surface area contributed by atoms with E-state index in [9.17, 15) is 9.18 Å². The monoisotopic (exact) mass is 386 g/mol. The Morgan fingerprint density at radius 3 is 2.81 bits per heavy atom. The van der Waals surface area contributed by atoms with E-state index in [2.05, 4.69) is 44.7 Å². The van der Waals surface area contributed by atoms with Crippen LogP contribution >= 0.6 is 11.3 Å². The van der Waals surface area contributed by atoms with Gasteiger partial charge in [0, 0.05) is 48.5 Å². The SMILES string of the molecule is CN1CCN([C@H](CNC(=O)c2cc3cc(F)ccc3[nH]2)c2cccs2)CC1. The Morgan fingerprint density at radius 2 is 2.07 bits per heavy atom. The molecular formula is C20H23FN4OS. The van der Waals surface area contributed by atoms with Gasteiger partial charge >= 0.3 is 0 Å². The van der Waals surface area contributed by atoms with E-state index in [1.54, 1.807) is 23.5 Å². The van der Waals surface area contributed by atoms with E-state index < -0.39 is 0 Å². The van der Waals surface area contributed by atoms with E-state index in [-0.39, 0.29) is 17.8 Å². The highest BCUT2D eigenvalue weighted by Crippen LogP contribution is 2.26. The minimum Gasteiger partial charge on any atom is -0.351 e. The fraction of sp³-hybridized carbons (Fsp3) is 0.350. The average molecular weight is 386 g/mol. The topological polar surface area (TPSA) is 51.4 Å². The number of nitrogens with one attached hydrogen (secondary N) is 2. The Bertz CT molecular complexity index is 915. The summed E-state index contributed by atoms with van der Waals surface area (Å²) in [6.45, 7) is 4.58. The van der Waals surface area contributed by atoms with Crippen molar-refractivity contribution in [1.82, 2.24) is 20.1 Å². The molecule has 0 saturated carbocycles. The molecule has 142 valence electrons. The highest BCUT2D eigenvalue weighted by Gasteiger charge is 2.25. The van der Waals surface area contributed by atoms with E-state index in [0.717, 1.165) is 31.7 Å². The smallest absolute Gasteiger partial charge is 0.267 e. The molecule has 0 spiro atoms. The Kier molecular flexibility index (Phi) is 5.24. The first-order chi connectivity index (χ1) is 13.1. The Labute approximate surface area is 161 Å². The number of hydrogen-bond donors (Lipinski definition) is 2. The molecule has 1 aliphatic rings. The summed E-state index contributed by atoms with van der Waals surface area (Å²) in [6.07, 6.45) is 0. The summed E-state index contributed by atoms with van der Waals surface area (Å²) in [5.74, 6) is -0.469. The second-order valence-electron chi connectivity index (χ2n) is 7.00. The Balaban J connectivity index is 1.47. The van der Waals surface area contributed by atoms with Gasteiger partial charge in [-0.25, -0.2) is 4.39 Å². The molecule has 3 aromatic rings. The number of carbonyl (C=O) groups excluding carboxylic acids is 1. The molecule has 1 atom stereocenters. The van der Waals surface area contributed by atoms with E-state index in [1.807, 2.05) is 0 Å². The van der Waals surface area contributed by atoms with Gasteiger partial charge in [0.05, 0.1) is 6.04 Å². The Morgan fingerprint density at radius 1 is 1.26 bits per heavy atom. The fourth-order valence-electron chi connectivity index (χ4n) is 3.53. The maximum atomic E-state index is 13.4. The van der Waals surface area contributed by atoms with Crippen LogP contribution in [0, 0.1) is 5.82 Å². The molecule has 3 heterocycles. The van der Waals surface area contributed by atoms with Gasteiger partial charge in [0.1, 0.15) is 11.5 Å². The number of aromatic amines is 1. The van der Waals surface area contributed by atoms with Crippen molar-refractivity contribution in [2.45, 2.75) is 6.04 Å². The summed E-state index contributed by atoms with van der Waals surface area (Å²) in [5.41, 5.74) is 1.22. The summed E-state index contributed by atoms with van der Waals surface area (Å²) >= 11 is 1.72. The third-order valence-corrected chi connectivity index (χ3v) is 6.11. The number of benzene rings is 1. The summed E-state index contributed by atoms with van der Waals surface area (Å²) in [7, 11) is 2.14. The molecular weight excluding hydrogens is 363 g/mol. The normalized spacial score (nSPS) is 17.3. The third-order valence-electron chi connectivity index (χ3n) is 5.13. The van der Waals surface area contributed by atoms with Gasteiger partial charge in [-0.3, -0.25) is 9.69 Å².